The van der Waals surface area contributed by atoms with Crippen molar-refractivity contribution in [1.29, 1.82) is 0 Å². The van der Waals surface area contributed by atoms with Gasteiger partial charge in [-0.05, 0) is 104 Å². The number of hydrogen-bond acceptors (Lipinski definition) is 2. The molecule has 0 aliphatic rings. The molecule has 1 aromatic rings. The molecule has 1 rings (SSSR count). The summed E-state index contributed by atoms with van der Waals surface area (Å²) in [5, 5.41) is 19.8. The minimum absolute atomic E-state index is 0.239. The van der Waals surface area contributed by atoms with Gasteiger partial charge >= 0.3 is 0 Å². The van der Waals surface area contributed by atoms with Crippen molar-refractivity contribution < 1.29 is 10.2 Å². The first-order chi connectivity index (χ1) is 13.7. The van der Waals surface area contributed by atoms with Crippen molar-refractivity contribution in [2.75, 3.05) is 0 Å². The lowest BCUT2D eigenvalue weighted by atomic mass is 10.0. The molecule has 0 atom stereocenters. The molecule has 2 heteroatoms. The molecule has 0 saturated heterocycles. The summed E-state index contributed by atoms with van der Waals surface area (Å²) in [6.45, 7) is 12.7. The molecule has 2 nitrogen and oxygen atoms in total. The van der Waals surface area contributed by atoms with Crippen molar-refractivity contribution in [3.63, 3.8) is 0 Å². The van der Waals surface area contributed by atoms with Gasteiger partial charge in [-0.15, -0.1) is 0 Å². The smallest absolute Gasteiger partial charge is 0.119 e. The van der Waals surface area contributed by atoms with Gasteiger partial charge in [0.2, 0.25) is 0 Å². The van der Waals surface area contributed by atoms with E-state index in [1.165, 1.54) is 28.4 Å². The van der Waals surface area contributed by atoms with Crippen molar-refractivity contribution in [1.82, 2.24) is 0 Å². The van der Waals surface area contributed by atoms with Crippen LogP contribution in [0.1, 0.15) is 84.3 Å². The van der Waals surface area contributed by atoms with E-state index in [9.17, 15) is 10.2 Å². The molecule has 0 saturated carbocycles. The summed E-state index contributed by atoms with van der Waals surface area (Å²) in [4.78, 5) is 0. The summed E-state index contributed by atoms with van der Waals surface area (Å²) in [5.41, 5.74) is 7.21. The van der Waals surface area contributed by atoms with Crippen molar-refractivity contribution in [2.45, 2.75) is 86.5 Å². The Morgan fingerprint density at radius 1 is 0.690 bits per heavy atom. The monoisotopic (exact) mass is 396 g/mol. The lowest BCUT2D eigenvalue weighted by molar-refractivity contribution is 0.452. The van der Waals surface area contributed by atoms with Crippen LogP contribution in [0.15, 0.2) is 58.7 Å². The van der Waals surface area contributed by atoms with Crippen LogP contribution in [0, 0.1) is 6.92 Å². The van der Waals surface area contributed by atoms with E-state index >= 15 is 0 Å². The van der Waals surface area contributed by atoms with E-state index in [1.54, 1.807) is 6.07 Å². The highest BCUT2D eigenvalue weighted by Gasteiger charge is 2.07. The van der Waals surface area contributed by atoms with Crippen LogP contribution in [-0.4, -0.2) is 10.2 Å². The molecule has 0 fully saturated rings. The molecule has 29 heavy (non-hydrogen) atoms. The van der Waals surface area contributed by atoms with E-state index in [-0.39, 0.29) is 11.5 Å². The van der Waals surface area contributed by atoms with Crippen molar-refractivity contribution in [3.05, 3.63) is 69.9 Å². The third-order valence-electron chi connectivity index (χ3n) is 5.35. The van der Waals surface area contributed by atoms with Crippen LogP contribution >= 0.6 is 0 Å². The maximum absolute atomic E-state index is 10.0. The van der Waals surface area contributed by atoms with Crippen LogP contribution < -0.4 is 0 Å². The second-order valence-electron chi connectivity index (χ2n) is 8.46. The number of phenols is 2. The van der Waals surface area contributed by atoms with E-state index < -0.39 is 0 Å². The van der Waals surface area contributed by atoms with Gasteiger partial charge in [0.1, 0.15) is 11.5 Å². The van der Waals surface area contributed by atoms with E-state index in [2.05, 4.69) is 58.9 Å². The van der Waals surface area contributed by atoms with Crippen molar-refractivity contribution in [2.24, 2.45) is 0 Å². The minimum atomic E-state index is 0.239. The minimum Gasteiger partial charge on any atom is -0.508 e. The van der Waals surface area contributed by atoms with Crippen LogP contribution in [0.4, 0.5) is 0 Å². The van der Waals surface area contributed by atoms with Crippen LogP contribution in [0.5, 0.6) is 11.5 Å². The van der Waals surface area contributed by atoms with Gasteiger partial charge in [-0.1, -0.05) is 46.6 Å². The van der Waals surface area contributed by atoms with Gasteiger partial charge in [-0.3, -0.25) is 0 Å². The lowest BCUT2D eigenvalue weighted by Gasteiger charge is -2.08. The summed E-state index contributed by atoms with van der Waals surface area (Å²) in [6.07, 6.45) is 16.5. The molecular formula is C27H40O2. The number of allylic oxidation sites excluding steroid dienone is 8. The summed E-state index contributed by atoms with van der Waals surface area (Å²) < 4.78 is 0. The van der Waals surface area contributed by atoms with Crippen LogP contribution in [0.25, 0.3) is 0 Å². The SMILES string of the molecule is CC(C)=CCC/C(C)=C/CC/C(C)=C/CC/C(C)=C/Cc1c(O)ccc(O)c1C. The van der Waals surface area contributed by atoms with Gasteiger partial charge < -0.3 is 10.2 Å². The van der Waals surface area contributed by atoms with Gasteiger partial charge in [0.05, 0.1) is 0 Å². The molecule has 160 valence electrons. The molecule has 2 N–H and O–H groups in total. The average molecular weight is 397 g/mol. The first-order valence-corrected chi connectivity index (χ1v) is 10.8. The maximum atomic E-state index is 10.0. The molecule has 1 aromatic carbocycles. The first-order valence-electron chi connectivity index (χ1n) is 10.8. The van der Waals surface area contributed by atoms with Gasteiger partial charge in [0, 0.05) is 5.56 Å². The molecule has 0 bridgehead atoms. The molecule has 0 aliphatic carbocycles. The van der Waals surface area contributed by atoms with E-state index in [0.717, 1.165) is 49.7 Å². The zero-order chi connectivity index (χ0) is 21.8. The first kappa shape index (κ1) is 24.8. The summed E-state index contributed by atoms with van der Waals surface area (Å²) in [6, 6.07) is 3.10. The molecule has 0 aliphatic heterocycles. The Bertz CT molecular complexity index is 772. The molecule has 0 amide bonds. The van der Waals surface area contributed by atoms with E-state index in [1.807, 2.05) is 6.92 Å². The van der Waals surface area contributed by atoms with Gasteiger partial charge in [0.15, 0.2) is 0 Å². The number of hydrogen-bond donors (Lipinski definition) is 2. The summed E-state index contributed by atoms with van der Waals surface area (Å²) in [5.74, 6) is 0.493. The topological polar surface area (TPSA) is 40.5 Å². The van der Waals surface area contributed by atoms with Crippen LogP contribution in [-0.2, 0) is 6.42 Å². The maximum Gasteiger partial charge on any atom is 0.119 e. The third kappa shape index (κ3) is 10.2. The Balaban J connectivity index is 2.41. The van der Waals surface area contributed by atoms with Crippen LogP contribution in [0.2, 0.25) is 0 Å². The molecule has 0 unspecified atom stereocenters. The highest BCUT2D eigenvalue weighted by molar-refractivity contribution is 5.47. The van der Waals surface area contributed by atoms with Gasteiger partial charge in [-0.2, -0.15) is 0 Å². The zero-order valence-electron chi connectivity index (χ0n) is 19.3. The average Bonchev–Trinajstić information content (AvgIpc) is 2.64. The fourth-order valence-corrected chi connectivity index (χ4v) is 3.25. The van der Waals surface area contributed by atoms with Gasteiger partial charge in [-0.25, -0.2) is 0 Å². The molecule has 0 spiro atoms. The Morgan fingerprint density at radius 2 is 1.14 bits per heavy atom. The summed E-state index contributed by atoms with van der Waals surface area (Å²) in [7, 11) is 0. The highest BCUT2D eigenvalue weighted by atomic mass is 16.3. The molecule has 0 heterocycles. The summed E-state index contributed by atoms with van der Waals surface area (Å²) >= 11 is 0. The number of aromatic hydroxyl groups is 2. The van der Waals surface area contributed by atoms with Crippen molar-refractivity contribution >= 4 is 0 Å². The normalized spacial score (nSPS) is 13.0. The predicted octanol–water partition coefficient (Wildman–Crippen LogP) is 8.09. The number of rotatable bonds is 11. The number of phenolic OH excluding ortho intramolecular Hbond substituents is 2. The fourth-order valence-electron chi connectivity index (χ4n) is 3.25. The van der Waals surface area contributed by atoms with E-state index in [0.29, 0.717) is 6.42 Å². The highest BCUT2D eigenvalue weighted by Crippen LogP contribution is 2.29. The second kappa shape index (κ2) is 13.1. The quantitative estimate of drug-likeness (QED) is 0.293. The predicted molar refractivity (Wildman–Crippen MR) is 127 cm³/mol. The standard InChI is InChI=1S/C27H40O2/c1-20(2)10-7-11-21(3)12-8-13-22(4)14-9-15-23(5)16-17-25-24(6)26(28)18-19-27(25)29/h10,12,14,16,18-19,28-29H,7-9,11,13,15,17H2,1-6H3/b21-12+,22-14+,23-16+. The Morgan fingerprint density at radius 3 is 1.66 bits per heavy atom. The lowest BCUT2D eigenvalue weighted by Crippen LogP contribution is -1.90. The number of benzene rings is 1. The molecular weight excluding hydrogens is 356 g/mol. The Labute approximate surface area is 178 Å². The van der Waals surface area contributed by atoms with Crippen molar-refractivity contribution in [3.8, 4) is 11.5 Å². The van der Waals surface area contributed by atoms with Crippen LogP contribution in [0.3, 0.4) is 0 Å². The van der Waals surface area contributed by atoms with Gasteiger partial charge in [0.25, 0.3) is 0 Å². The Hall–Kier alpha value is -2.22. The largest absolute Gasteiger partial charge is 0.508 e. The zero-order valence-corrected chi connectivity index (χ0v) is 19.3. The molecule has 0 aromatic heterocycles. The Kier molecular flexibility index (Phi) is 11.2. The third-order valence-corrected chi connectivity index (χ3v) is 5.35. The second-order valence-corrected chi connectivity index (χ2v) is 8.46. The fraction of sp³-hybridized carbons (Fsp3) is 0.481. The van der Waals surface area contributed by atoms with E-state index in [4.69, 9.17) is 0 Å². The molecule has 0 radical (unpaired) electrons.